The van der Waals surface area contributed by atoms with E-state index >= 15 is 0 Å². The topological polar surface area (TPSA) is 60.6 Å². The Morgan fingerprint density at radius 2 is 2.00 bits per heavy atom. The summed E-state index contributed by atoms with van der Waals surface area (Å²) in [5.74, 6) is 1.22. The second-order valence-electron chi connectivity index (χ2n) is 6.96. The Labute approximate surface area is 148 Å². The minimum Gasteiger partial charge on any atom is -0.368 e. The summed E-state index contributed by atoms with van der Waals surface area (Å²) in [6.07, 6.45) is 3.11. The third kappa shape index (κ3) is 4.08. The summed E-state index contributed by atoms with van der Waals surface area (Å²) in [7, 11) is 0. The summed E-state index contributed by atoms with van der Waals surface area (Å²) in [5.41, 5.74) is 1.31. The van der Waals surface area contributed by atoms with Gasteiger partial charge in [-0.25, -0.2) is 0 Å². The lowest BCUT2D eigenvalue weighted by Gasteiger charge is -2.35. The zero-order chi connectivity index (χ0) is 17.1. The standard InChI is InChI=1S/C19H25N3O3/c1-14-11-22(12-15-7-3-2-4-8-15)13-17(24-14)18-20-19(25-21-18)16-9-5-6-10-23-16/h2-4,7-8,14,16-17H,5-6,9-13H2,1H3/t14-,16?,17-/m1/s1. The molecule has 0 radical (unpaired) electrons. The molecule has 2 aliphatic rings. The molecule has 0 saturated carbocycles. The molecule has 0 spiro atoms. The van der Waals surface area contributed by atoms with Crippen LogP contribution in [0.3, 0.4) is 0 Å². The lowest BCUT2D eigenvalue weighted by atomic mass is 10.1. The number of rotatable bonds is 4. The fourth-order valence-corrected chi connectivity index (χ4v) is 3.60. The van der Waals surface area contributed by atoms with Crippen molar-refractivity contribution >= 4 is 0 Å². The maximum Gasteiger partial charge on any atom is 0.255 e. The van der Waals surface area contributed by atoms with Crippen molar-refractivity contribution in [1.29, 1.82) is 0 Å². The van der Waals surface area contributed by atoms with Gasteiger partial charge in [0.05, 0.1) is 6.10 Å². The fourth-order valence-electron chi connectivity index (χ4n) is 3.60. The summed E-state index contributed by atoms with van der Waals surface area (Å²) in [6, 6.07) is 10.5. The second-order valence-corrected chi connectivity index (χ2v) is 6.96. The van der Waals surface area contributed by atoms with Gasteiger partial charge in [0, 0.05) is 26.2 Å². The zero-order valence-corrected chi connectivity index (χ0v) is 14.6. The summed E-state index contributed by atoms with van der Waals surface area (Å²) in [6.45, 7) is 5.44. The SMILES string of the molecule is C[C@@H]1CN(Cc2ccccc2)C[C@H](c2noc(C3CCCCO3)n2)O1. The van der Waals surface area contributed by atoms with E-state index in [1.54, 1.807) is 0 Å². The van der Waals surface area contributed by atoms with Crippen molar-refractivity contribution in [3.63, 3.8) is 0 Å². The normalized spacial score (nSPS) is 28.1. The molecule has 6 nitrogen and oxygen atoms in total. The van der Waals surface area contributed by atoms with Gasteiger partial charge in [-0.05, 0) is 31.7 Å². The van der Waals surface area contributed by atoms with Crippen LogP contribution >= 0.6 is 0 Å². The van der Waals surface area contributed by atoms with Crippen LogP contribution in [0.25, 0.3) is 0 Å². The van der Waals surface area contributed by atoms with Gasteiger partial charge in [0.1, 0.15) is 12.2 Å². The molecular weight excluding hydrogens is 318 g/mol. The lowest BCUT2D eigenvalue weighted by Crippen LogP contribution is -2.42. The van der Waals surface area contributed by atoms with Gasteiger partial charge in [-0.2, -0.15) is 4.98 Å². The number of hydrogen-bond donors (Lipinski definition) is 0. The quantitative estimate of drug-likeness (QED) is 0.849. The van der Waals surface area contributed by atoms with Crippen molar-refractivity contribution in [2.45, 2.75) is 51.0 Å². The summed E-state index contributed by atoms with van der Waals surface area (Å²) in [5, 5.41) is 4.17. The van der Waals surface area contributed by atoms with Crippen LogP contribution in [-0.2, 0) is 16.0 Å². The first-order valence-electron chi connectivity index (χ1n) is 9.15. The van der Waals surface area contributed by atoms with Gasteiger partial charge in [0.25, 0.3) is 5.89 Å². The maximum atomic E-state index is 6.07. The first-order chi connectivity index (χ1) is 12.3. The second kappa shape index (κ2) is 7.64. The van der Waals surface area contributed by atoms with Crippen LogP contribution < -0.4 is 0 Å². The van der Waals surface area contributed by atoms with Crippen molar-refractivity contribution in [3.8, 4) is 0 Å². The van der Waals surface area contributed by atoms with E-state index in [1.807, 2.05) is 6.07 Å². The van der Waals surface area contributed by atoms with Crippen LogP contribution in [-0.4, -0.2) is 40.8 Å². The molecule has 134 valence electrons. The van der Waals surface area contributed by atoms with E-state index in [4.69, 9.17) is 14.0 Å². The molecule has 1 unspecified atom stereocenters. The van der Waals surface area contributed by atoms with E-state index in [1.165, 1.54) is 5.56 Å². The van der Waals surface area contributed by atoms with Crippen molar-refractivity contribution in [1.82, 2.24) is 15.0 Å². The Bertz CT molecular complexity index is 670. The van der Waals surface area contributed by atoms with E-state index in [9.17, 15) is 0 Å². The summed E-state index contributed by atoms with van der Waals surface area (Å²) >= 11 is 0. The third-order valence-corrected chi connectivity index (χ3v) is 4.79. The predicted molar refractivity (Wildman–Crippen MR) is 91.8 cm³/mol. The van der Waals surface area contributed by atoms with E-state index in [-0.39, 0.29) is 18.3 Å². The van der Waals surface area contributed by atoms with Gasteiger partial charge >= 0.3 is 0 Å². The molecule has 0 aliphatic carbocycles. The van der Waals surface area contributed by atoms with E-state index < -0.39 is 0 Å². The molecule has 6 heteroatoms. The largest absolute Gasteiger partial charge is 0.368 e. The monoisotopic (exact) mass is 343 g/mol. The van der Waals surface area contributed by atoms with Crippen LogP contribution in [0.5, 0.6) is 0 Å². The highest BCUT2D eigenvalue weighted by Gasteiger charge is 2.31. The highest BCUT2D eigenvalue weighted by Crippen LogP contribution is 2.29. The molecule has 2 fully saturated rings. The van der Waals surface area contributed by atoms with Crippen molar-refractivity contribution in [3.05, 3.63) is 47.6 Å². The van der Waals surface area contributed by atoms with Crippen LogP contribution in [0, 0.1) is 0 Å². The smallest absolute Gasteiger partial charge is 0.255 e. The highest BCUT2D eigenvalue weighted by atomic mass is 16.5. The van der Waals surface area contributed by atoms with Crippen LogP contribution in [0.2, 0.25) is 0 Å². The number of aromatic nitrogens is 2. The molecular formula is C19H25N3O3. The van der Waals surface area contributed by atoms with Gasteiger partial charge in [-0.1, -0.05) is 35.5 Å². The zero-order valence-electron chi connectivity index (χ0n) is 14.6. The molecule has 4 rings (SSSR count). The average molecular weight is 343 g/mol. The third-order valence-electron chi connectivity index (χ3n) is 4.79. The molecule has 3 atom stereocenters. The van der Waals surface area contributed by atoms with Crippen LogP contribution in [0.4, 0.5) is 0 Å². The Kier molecular flexibility index (Phi) is 5.10. The number of morpholine rings is 1. The number of nitrogens with zero attached hydrogens (tertiary/aromatic N) is 3. The first kappa shape index (κ1) is 16.7. The Balaban J connectivity index is 1.43. The molecule has 2 aliphatic heterocycles. The van der Waals surface area contributed by atoms with Crippen LogP contribution in [0.15, 0.2) is 34.9 Å². The van der Waals surface area contributed by atoms with E-state index in [0.717, 1.165) is 45.5 Å². The molecule has 0 N–H and O–H groups in total. The highest BCUT2D eigenvalue weighted by molar-refractivity contribution is 5.14. The van der Waals surface area contributed by atoms with Gasteiger partial charge in [-0.15, -0.1) is 0 Å². The molecule has 3 heterocycles. The van der Waals surface area contributed by atoms with Gasteiger partial charge in [-0.3, -0.25) is 4.90 Å². The Morgan fingerprint density at radius 3 is 2.80 bits per heavy atom. The number of ether oxygens (including phenoxy) is 2. The molecule has 2 saturated heterocycles. The summed E-state index contributed by atoms with van der Waals surface area (Å²) in [4.78, 5) is 6.97. The van der Waals surface area contributed by atoms with Crippen molar-refractivity contribution in [2.75, 3.05) is 19.7 Å². The lowest BCUT2D eigenvalue weighted by molar-refractivity contribution is -0.0856. The fraction of sp³-hybridized carbons (Fsp3) is 0.579. The maximum absolute atomic E-state index is 6.07. The van der Waals surface area contributed by atoms with Gasteiger partial charge < -0.3 is 14.0 Å². The molecule has 0 amide bonds. The van der Waals surface area contributed by atoms with E-state index in [2.05, 4.69) is 46.2 Å². The first-order valence-corrected chi connectivity index (χ1v) is 9.15. The minimum absolute atomic E-state index is 0.0589. The van der Waals surface area contributed by atoms with Gasteiger partial charge in [0.2, 0.25) is 5.82 Å². The van der Waals surface area contributed by atoms with Crippen LogP contribution in [0.1, 0.15) is 55.7 Å². The minimum atomic E-state index is -0.159. The molecule has 25 heavy (non-hydrogen) atoms. The molecule has 1 aromatic heterocycles. The Morgan fingerprint density at radius 1 is 1.12 bits per heavy atom. The molecule has 1 aromatic carbocycles. The van der Waals surface area contributed by atoms with Crippen molar-refractivity contribution < 1.29 is 14.0 Å². The van der Waals surface area contributed by atoms with E-state index in [0.29, 0.717) is 11.7 Å². The molecule has 0 bridgehead atoms. The average Bonchev–Trinajstić information content (AvgIpc) is 3.13. The number of benzene rings is 1. The van der Waals surface area contributed by atoms with Crippen molar-refractivity contribution in [2.24, 2.45) is 0 Å². The summed E-state index contributed by atoms with van der Waals surface area (Å²) < 4.78 is 17.3. The molecule has 2 aromatic rings. The Hall–Kier alpha value is -1.76. The number of hydrogen-bond acceptors (Lipinski definition) is 6. The van der Waals surface area contributed by atoms with Gasteiger partial charge in [0.15, 0.2) is 0 Å². The predicted octanol–water partition coefficient (Wildman–Crippen LogP) is 3.27.